The van der Waals surface area contributed by atoms with Gasteiger partial charge in [0.15, 0.2) is 12.6 Å². The quantitative estimate of drug-likeness (QED) is 0.181. The smallest absolute Gasteiger partial charge is 0.187 e. The number of hydrogen-bond acceptors (Lipinski definition) is 13. The zero-order valence-corrected chi connectivity index (χ0v) is 28.5. The number of hydrogen-bond donors (Lipinski definition) is 6. The summed E-state index contributed by atoms with van der Waals surface area (Å²) in [5, 5.41) is 64.8. The molecule has 46 heavy (non-hydrogen) atoms. The molecule has 4 fully saturated rings. The lowest BCUT2D eigenvalue weighted by molar-refractivity contribution is -0.369. The Morgan fingerprint density at radius 1 is 0.543 bits per heavy atom. The summed E-state index contributed by atoms with van der Waals surface area (Å²) in [6.45, 7) is 19.2. The Morgan fingerprint density at radius 2 is 1.00 bits per heavy atom. The van der Waals surface area contributed by atoms with Crippen LogP contribution in [0.2, 0.25) is 0 Å². The molecular weight excluding hydrogens is 604 g/mol. The van der Waals surface area contributed by atoms with E-state index in [4.69, 9.17) is 33.2 Å². The van der Waals surface area contributed by atoms with E-state index >= 15 is 0 Å². The van der Waals surface area contributed by atoms with Gasteiger partial charge >= 0.3 is 0 Å². The molecule has 4 aliphatic heterocycles. The maximum absolute atomic E-state index is 11.5. The molecule has 0 bridgehead atoms. The van der Waals surface area contributed by atoms with E-state index in [1.54, 1.807) is 13.8 Å². The predicted octanol–water partition coefficient (Wildman–Crippen LogP) is 0.878. The van der Waals surface area contributed by atoms with E-state index in [1.165, 1.54) is 0 Å². The molecule has 0 aromatic heterocycles. The summed E-state index contributed by atoms with van der Waals surface area (Å²) in [5.74, 6) is -1.35. The molecule has 0 radical (unpaired) electrons. The fourth-order valence-electron chi connectivity index (χ4n) is 7.28. The average Bonchev–Trinajstić information content (AvgIpc) is 3.03. The first kappa shape index (κ1) is 38.3. The molecule has 4 aliphatic rings. The molecule has 20 atom stereocenters. The molecule has 0 amide bonds. The Bertz CT molecular complexity index is 935. The summed E-state index contributed by atoms with van der Waals surface area (Å²) in [6, 6.07) is 0. The average molecular weight is 664 g/mol. The largest absolute Gasteiger partial charge is 0.393 e. The van der Waals surface area contributed by atoms with Crippen molar-refractivity contribution >= 4 is 0 Å². The van der Waals surface area contributed by atoms with Crippen LogP contribution in [0.25, 0.3) is 0 Å². The van der Waals surface area contributed by atoms with Gasteiger partial charge in [-0.25, -0.2) is 0 Å². The molecule has 13 nitrogen and oxygen atoms in total. The van der Waals surface area contributed by atoms with Crippen molar-refractivity contribution in [3.8, 4) is 0 Å². The van der Waals surface area contributed by atoms with Crippen LogP contribution in [0, 0.1) is 30.6 Å². The highest BCUT2D eigenvalue weighted by molar-refractivity contribution is 4.97. The molecule has 4 rings (SSSR count). The molecule has 20 unspecified atom stereocenters. The number of rotatable bonds is 10. The summed E-state index contributed by atoms with van der Waals surface area (Å²) in [7, 11) is 0. The lowest BCUT2D eigenvalue weighted by atomic mass is 9.82. The maximum Gasteiger partial charge on any atom is 0.187 e. The summed E-state index contributed by atoms with van der Waals surface area (Å²) in [6.07, 6.45) is -14.0. The highest BCUT2D eigenvalue weighted by atomic mass is 16.7. The van der Waals surface area contributed by atoms with Crippen molar-refractivity contribution in [1.29, 1.82) is 0 Å². The number of aliphatic hydroxyl groups excluding tert-OH is 6. The van der Waals surface area contributed by atoms with Crippen LogP contribution in [-0.2, 0) is 33.2 Å². The van der Waals surface area contributed by atoms with Crippen molar-refractivity contribution in [1.82, 2.24) is 0 Å². The first-order valence-electron chi connectivity index (χ1n) is 17.2. The third-order valence-electron chi connectivity index (χ3n) is 10.4. The first-order chi connectivity index (χ1) is 21.7. The van der Waals surface area contributed by atoms with E-state index in [2.05, 4.69) is 20.8 Å². The van der Waals surface area contributed by atoms with Crippen molar-refractivity contribution < 1.29 is 63.8 Å². The standard InChI is InChI=1S/C33H59O13/c1-10-18-28(21(34)14(6)27(41-18)13(4)5)44-31-15(7)22(35)29(19(11-2)42-31)45-32-16(8)23(36)30(20(12-3)43-32)46-33-26(39)25(38)24(37)17(9)40-33/h13-39H,7,10-12H2,1-6,8-9H3/q-1. The number of aliphatic hydroxyl groups is 6. The Hall–Kier alpha value is -0.520. The summed E-state index contributed by atoms with van der Waals surface area (Å²) in [5.41, 5.74) is 0. The topological polar surface area (TPSA) is 186 Å². The van der Waals surface area contributed by atoms with Gasteiger partial charge in [0, 0.05) is 11.8 Å². The Balaban J connectivity index is 1.43. The minimum Gasteiger partial charge on any atom is -0.393 e. The SMILES string of the molecule is [CH2-]C1C(OC2C(CC)OC(C(C)C)C(C)C2O)OC(CC)C(OC2OC(CC)C(OC3OC(C)C(O)C(O)C3O)C(O)C2C)C1O. The molecule has 0 aliphatic carbocycles. The highest BCUT2D eigenvalue weighted by Gasteiger charge is 2.52. The van der Waals surface area contributed by atoms with Crippen LogP contribution in [0.15, 0.2) is 0 Å². The third kappa shape index (κ3) is 7.62. The fraction of sp³-hybridized carbons (Fsp3) is 0.970. The molecule has 6 N–H and O–H groups in total. The van der Waals surface area contributed by atoms with Gasteiger partial charge in [0.1, 0.15) is 42.9 Å². The zero-order chi connectivity index (χ0) is 34.2. The molecule has 0 aromatic carbocycles. The van der Waals surface area contributed by atoms with Crippen LogP contribution in [-0.4, -0.2) is 135 Å². The van der Waals surface area contributed by atoms with Gasteiger partial charge < -0.3 is 70.7 Å². The summed E-state index contributed by atoms with van der Waals surface area (Å²) < 4.78 is 43.2. The second-order valence-corrected chi connectivity index (χ2v) is 14.0. The monoisotopic (exact) mass is 663 g/mol. The van der Waals surface area contributed by atoms with Gasteiger partial charge in [0.05, 0.1) is 48.8 Å². The normalized spacial score (nSPS) is 52.2. The van der Waals surface area contributed by atoms with E-state index in [-0.39, 0.29) is 24.0 Å². The number of ether oxygens (including phenoxy) is 7. The second-order valence-electron chi connectivity index (χ2n) is 14.0. The molecule has 0 saturated carbocycles. The van der Waals surface area contributed by atoms with Crippen LogP contribution in [0.5, 0.6) is 0 Å². The molecule has 0 spiro atoms. The maximum atomic E-state index is 11.5. The van der Waals surface area contributed by atoms with Crippen molar-refractivity contribution in [2.75, 3.05) is 0 Å². The highest BCUT2D eigenvalue weighted by Crippen LogP contribution is 2.39. The van der Waals surface area contributed by atoms with Gasteiger partial charge in [0.2, 0.25) is 0 Å². The van der Waals surface area contributed by atoms with Crippen LogP contribution in [0.4, 0.5) is 0 Å². The van der Waals surface area contributed by atoms with E-state index < -0.39 is 104 Å². The van der Waals surface area contributed by atoms with E-state index in [0.717, 1.165) is 0 Å². The van der Waals surface area contributed by atoms with Crippen molar-refractivity contribution in [2.24, 2.45) is 23.7 Å². The van der Waals surface area contributed by atoms with Gasteiger partial charge in [-0.15, -0.1) is 0 Å². The van der Waals surface area contributed by atoms with Gasteiger partial charge in [-0.2, -0.15) is 0 Å². The minimum atomic E-state index is -1.53. The van der Waals surface area contributed by atoms with Crippen LogP contribution in [0.1, 0.15) is 74.7 Å². The van der Waals surface area contributed by atoms with Gasteiger partial charge in [0.25, 0.3) is 0 Å². The molecule has 0 aromatic rings. The van der Waals surface area contributed by atoms with Crippen molar-refractivity contribution in [3.05, 3.63) is 6.92 Å². The fourth-order valence-corrected chi connectivity index (χ4v) is 7.28. The van der Waals surface area contributed by atoms with Gasteiger partial charge in [-0.05, 0) is 32.1 Å². The van der Waals surface area contributed by atoms with E-state index in [9.17, 15) is 30.6 Å². The lowest BCUT2D eigenvalue weighted by Crippen LogP contribution is -2.63. The second kappa shape index (κ2) is 16.0. The first-order valence-corrected chi connectivity index (χ1v) is 17.2. The van der Waals surface area contributed by atoms with Crippen LogP contribution in [0.3, 0.4) is 0 Å². The molecule has 270 valence electrons. The van der Waals surface area contributed by atoms with Crippen molar-refractivity contribution in [2.45, 2.75) is 179 Å². The Kier molecular flexibility index (Phi) is 13.3. The van der Waals surface area contributed by atoms with Crippen LogP contribution >= 0.6 is 0 Å². The van der Waals surface area contributed by atoms with Crippen molar-refractivity contribution in [3.63, 3.8) is 0 Å². The predicted molar refractivity (Wildman–Crippen MR) is 164 cm³/mol. The molecular formula is C33H59O13-. The molecule has 4 saturated heterocycles. The third-order valence-corrected chi connectivity index (χ3v) is 10.4. The van der Waals surface area contributed by atoms with Gasteiger partial charge in [-0.1, -0.05) is 54.4 Å². The Labute approximate surface area is 273 Å². The summed E-state index contributed by atoms with van der Waals surface area (Å²) in [4.78, 5) is 0. The van der Waals surface area contributed by atoms with Crippen LogP contribution < -0.4 is 0 Å². The summed E-state index contributed by atoms with van der Waals surface area (Å²) >= 11 is 0. The minimum absolute atomic E-state index is 0.109. The van der Waals surface area contributed by atoms with E-state index in [1.807, 2.05) is 27.7 Å². The molecule has 4 heterocycles. The Morgan fingerprint density at radius 3 is 1.54 bits per heavy atom. The van der Waals surface area contributed by atoms with E-state index in [0.29, 0.717) is 19.3 Å². The molecule has 13 heteroatoms. The van der Waals surface area contributed by atoms with Gasteiger partial charge in [-0.3, -0.25) is 0 Å². The zero-order valence-electron chi connectivity index (χ0n) is 28.5. The lowest BCUT2D eigenvalue weighted by Gasteiger charge is -2.52.